The van der Waals surface area contributed by atoms with Crippen molar-refractivity contribution in [2.24, 2.45) is 4.99 Å². The molecule has 1 N–H and O–H groups in total. The Kier molecular flexibility index (Phi) is 5.41. The number of aromatic carboxylic acids is 1. The van der Waals surface area contributed by atoms with E-state index in [2.05, 4.69) is 11.6 Å². The van der Waals surface area contributed by atoms with Crippen molar-refractivity contribution in [1.82, 2.24) is 0 Å². The van der Waals surface area contributed by atoms with Crippen LogP contribution >= 0.6 is 0 Å². The first-order valence-electron chi connectivity index (χ1n) is 6.85. The molecule has 5 nitrogen and oxygen atoms in total. The van der Waals surface area contributed by atoms with Crippen LogP contribution in [0.25, 0.3) is 0 Å². The van der Waals surface area contributed by atoms with Crippen LogP contribution in [0.1, 0.15) is 21.5 Å². The van der Waals surface area contributed by atoms with Crippen molar-refractivity contribution in [2.75, 3.05) is 6.54 Å². The fourth-order valence-electron chi connectivity index (χ4n) is 2.02. The second kappa shape index (κ2) is 7.70. The molecule has 5 heteroatoms. The Bertz CT molecular complexity index is 731. The lowest BCUT2D eigenvalue weighted by Gasteiger charge is -2.08. The van der Waals surface area contributed by atoms with Gasteiger partial charge in [0.25, 0.3) is 6.47 Å². The molecule has 2 aromatic rings. The molecule has 0 radical (unpaired) electrons. The third kappa shape index (κ3) is 4.14. The van der Waals surface area contributed by atoms with E-state index in [4.69, 9.17) is 9.84 Å². The summed E-state index contributed by atoms with van der Waals surface area (Å²) in [4.78, 5) is 25.7. The number of carboxylic acids is 1. The van der Waals surface area contributed by atoms with Crippen LogP contribution in [0, 0.1) is 0 Å². The maximum absolute atomic E-state index is 10.9. The highest BCUT2D eigenvalue weighted by Crippen LogP contribution is 2.17. The van der Waals surface area contributed by atoms with E-state index in [0.717, 1.165) is 11.1 Å². The van der Waals surface area contributed by atoms with Gasteiger partial charge in [0.2, 0.25) is 0 Å². The number of carbonyl (C=O) groups excluding carboxylic acids is 1. The molecule has 0 atom stereocenters. The van der Waals surface area contributed by atoms with Gasteiger partial charge in [-0.1, -0.05) is 18.2 Å². The van der Waals surface area contributed by atoms with Gasteiger partial charge in [-0.25, -0.2) is 4.79 Å². The van der Waals surface area contributed by atoms with E-state index in [1.807, 2.05) is 0 Å². The van der Waals surface area contributed by atoms with E-state index in [9.17, 15) is 9.59 Å². The lowest BCUT2D eigenvalue weighted by atomic mass is 10.0. The van der Waals surface area contributed by atoms with E-state index in [0.29, 0.717) is 24.5 Å². The molecule has 0 aromatic heterocycles. The van der Waals surface area contributed by atoms with Crippen molar-refractivity contribution in [3.05, 3.63) is 77.9 Å². The molecule has 0 saturated heterocycles. The Morgan fingerprint density at radius 1 is 1.04 bits per heavy atom. The van der Waals surface area contributed by atoms with Gasteiger partial charge in [-0.15, -0.1) is 6.58 Å². The summed E-state index contributed by atoms with van der Waals surface area (Å²) in [7, 11) is 0. The monoisotopic (exact) mass is 309 g/mol. The summed E-state index contributed by atoms with van der Waals surface area (Å²) in [5.41, 5.74) is 2.54. The van der Waals surface area contributed by atoms with Crippen LogP contribution in [-0.2, 0) is 4.79 Å². The van der Waals surface area contributed by atoms with Gasteiger partial charge in [0.1, 0.15) is 5.75 Å². The third-order valence-electron chi connectivity index (χ3n) is 3.10. The highest BCUT2D eigenvalue weighted by atomic mass is 16.5. The SMILES string of the molecule is C=CC/N=C(/c1ccc(OC=O)cc1)c1ccc(C(=O)O)cc1. The van der Waals surface area contributed by atoms with Crippen LogP contribution in [0.15, 0.2) is 66.2 Å². The summed E-state index contributed by atoms with van der Waals surface area (Å²) in [6, 6.07) is 13.4. The van der Waals surface area contributed by atoms with Gasteiger partial charge in [0.05, 0.1) is 17.8 Å². The summed E-state index contributed by atoms with van der Waals surface area (Å²) in [5.74, 6) is -0.537. The first-order chi connectivity index (χ1) is 11.2. The molecule has 0 amide bonds. The molecule has 0 saturated carbocycles. The number of rotatable bonds is 7. The van der Waals surface area contributed by atoms with Gasteiger partial charge >= 0.3 is 5.97 Å². The number of nitrogens with zero attached hydrogens (tertiary/aromatic N) is 1. The topological polar surface area (TPSA) is 76.0 Å². The molecule has 0 heterocycles. The number of aliphatic imine (C=N–C) groups is 1. The average Bonchev–Trinajstić information content (AvgIpc) is 2.57. The van der Waals surface area contributed by atoms with Crippen molar-refractivity contribution in [3.8, 4) is 5.75 Å². The lowest BCUT2D eigenvalue weighted by molar-refractivity contribution is -0.120. The summed E-state index contributed by atoms with van der Waals surface area (Å²) in [6.45, 7) is 4.45. The molecular weight excluding hydrogens is 294 g/mol. The zero-order valence-electron chi connectivity index (χ0n) is 12.3. The van der Waals surface area contributed by atoms with E-state index in [1.165, 1.54) is 12.1 Å². The van der Waals surface area contributed by atoms with Crippen LogP contribution in [0.2, 0.25) is 0 Å². The smallest absolute Gasteiger partial charge is 0.335 e. The molecular formula is C18H15NO4. The molecule has 116 valence electrons. The van der Waals surface area contributed by atoms with Gasteiger partial charge in [-0.05, 0) is 36.4 Å². The predicted octanol–water partition coefficient (Wildman–Crippen LogP) is 2.94. The van der Waals surface area contributed by atoms with Crippen molar-refractivity contribution < 1.29 is 19.4 Å². The summed E-state index contributed by atoms with van der Waals surface area (Å²) in [5, 5.41) is 8.97. The molecule has 2 rings (SSSR count). The fraction of sp³-hybridized carbons (Fsp3) is 0.0556. The Balaban J connectivity index is 2.38. The number of carboxylic acid groups (broad SMARTS) is 1. The Hall–Kier alpha value is -3.21. The fourth-order valence-corrected chi connectivity index (χ4v) is 2.02. The van der Waals surface area contributed by atoms with Gasteiger partial charge in [0, 0.05) is 11.1 Å². The Morgan fingerprint density at radius 3 is 2.04 bits per heavy atom. The Morgan fingerprint density at radius 2 is 1.57 bits per heavy atom. The summed E-state index contributed by atoms with van der Waals surface area (Å²) < 4.78 is 4.77. The summed E-state index contributed by atoms with van der Waals surface area (Å²) in [6.07, 6.45) is 1.68. The van der Waals surface area contributed by atoms with Gasteiger partial charge in [0.15, 0.2) is 0 Å². The molecule has 0 spiro atoms. The van der Waals surface area contributed by atoms with Crippen molar-refractivity contribution in [1.29, 1.82) is 0 Å². The van der Waals surface area contributed by atoms with Crippen LogP contribution < -0.4 is 4.74 Å². The lowest BCUT2D eigenvalue weighted by Crippen LogP contribution is -2.05. The third-order valence-corrected chi connectivity index (χ3v) is 3.10. The Labute approximate surface area is 133 Å². The molecule has 0 aliphatic rings. The van der Waals surface area contributed by atoms with Gasteiger partial charge < -0.3 is 9.84 Å². The molecule has 0 bridgehead atoms. The minimum Gasteiger partial charge on any atom is -0.478 e. The minimum atomic E-state index is -0.975. The molecule has 0 unspecified atom stereocenters. The van der Waals surface area contributed by atoms with Gasteiger partial charge in [-0.2, -0.15) is 0 Å². The maximum Gasteiger partial charge on any atom is 0.335 e. The average molecular weight is 309 g/mol. The molecule has 0 aliphatic carbocycles. The predicted molar refractivity (Wildman–Crippen MR) is 87.2 cm³/mol. The zero-order valence-corrected chi connectivity index (χ0v) is 12.3. The van der Waals surface area contributed by atoms with Crippen molar-refractivity contribution in [3.63, 3.8) is 0 Å². The van der Waals surface area contributed by atoms with Crippen LogP contribution in [-0.4, -0.2) is 29.8 Å². The van der Waals surface area contributed by atoms with E-state index in [-0.39, 0.29) is 5.56 Å². The van der Waals surface area contributed by atoms with Crippen LogP contribution in [0.3, 0.4) is 0 Å². The zero-order chi connectivity index (χ0) is 16.7. The highest BCUT2D eigenvalue weighted by molar-refractivity contribution is 6.13. The van der Waals surface area contributed by atoms with E-state index >= 15 is 0 Å². The number of hydrogen-bond donors (Lipinski definition) is 1. The number of carbonyl (C=O) groups is 2. The second-order valence-corrected chi connectivity index (χ2v) is 4.60. The first kappa shape index (κ1) is 16.2. The number of benzene rings is 2. The van der Waals surface area contributed by atoms with Crippen molar-refractivity contribution in [2.45, 2.75) is 0 Å². The van der Waals surface area contributed by atoms with Crippen LogP contribution in [0.5, 0.6) is 5.75 Å². The quantitative estimate of drug-likeness (QED) is 0.485. The molecule has 0 aliphatic heterocycles. The summed E-state index contributed by atoms with van der Waals surface area (Å²) >= 11 is 0. The largest absolute Gasteiger partial charge is 0.478 e. The van der Waals surface area contributed by atoms with E-state index in [1.54, 1.807) is 42.5 Å². The molecule has 0 fully saturated rings. The number of ether oxygens (including phenoxy) is 1. The standard InChI is InChI=1S/C18H15NO4/c1-2-11-19-17(13-3-5-15(6-4-13)18(21)22)14-7-9-16(10-8-14)23-12-20/h2-10,12H,1,11H2,(H,21,22)/b19-17+. The molecule has 2 aromatic carbocycles. The molecule has 23 heavy (non-hydrogen) atoms. The first-order valence-corrected chi connectivity index (χ1v) is 6.85. The number of hydrogen-bond acceptors (Lipinski definition) is 4. The van der Waals surface area contributed by atoms with Crippen LogP contribution in [0.4, 0.5) is 0 Å². The maximum atomic E-state index is 10.9. The minimum absolute atomic E-state index is 0.214. The normalized spacial score (nSPS) is 10.9. The van der Waals surface area contributed by atoms with E-state index < -0.39 is 5.97 Å². The van der Waals surface area contributed by atoms with Crippen molar-refractivity contribution >= 4 is 18.2 Å². The highest BCUT2D eigenvalue weighted by Gasteiger charge is 2.09. The second-order valence-electron chi connectivity index (χ2n) is 4.60. The van der Waals surface area contributed by atoms with Gasteiger partial charge in [-0.3, -0.25) is 9.79 Å².